The molecule has 0 aliphatic carbocycles. The molecule has 1 atom stereocenters. The van der Waals surface area contributed by atoms with Gasteiger partial charge in [-0.1, -0.05) is 13.8 Å². The Balaban J connectivity index is 3.60. The van der Waals surface area contributed by atoms with Crippen molar-refractivity contribution in [1.29, 1.82) is 0 Å². The summed E-state index contributed by atoms with van der Waals surface area (Å²) in [5.41, 5.74) is 0. The van der Waals surface area contributed by atoms with Crippen molar-refractivity contribution in [2.45, 2.75) is 39.2 Å². The highest BCUT2D eigenvalue weighted by Crippen LogP contribution is 2.09. The fourth-order valence-corrected chi connectivity index (χ4v) is 1.25. The molecule has 0 aliphatic heterocycles. The third-order valence-electron chi connectivity index (χ3n) is 1.87. The van der Waals surface area contributed by atoms with Crippen molar-refractivity contribution in [3.63, 3.8) is 0 Å². The van der Waals surface area contributed by atoms with Gasteiger partial charge in [-0.05, 0) is 25.8 Å². The third kappa shape index (κ3) is 6.16. The molecule has 0 fully saturated rings. The molecule has 3 nitrogen and oxygen atoms in total. The third-order valence-corrected chi connectivity index (χ3v) is 1.87. The van der Waals surface area contributed by atoms with E-state index in [9.17, 15) is 4.79 Å². The van der Waals surface area contributed by atoms with Crippen LogP contribution < -0.4 is 5.32 Å². The van der Waals surface area contributed by atoms with Gasteiger partial charge in [0.15, 0.2) is 0 Å². The summed E-state index contributed by atoms with van der Waals surface area (Å²) < 4.78 is 0. The summed E-state index contributed by atoms with van der Waals surface area (Å²) in [4.78, 5) is 10.3. The molecule has 0 radical (unpaired) electrons. The Morgan fingerprint density at radius 1 is 1.50 bits per heavy atom. The number of rotatable bonds is 6. The molecule has 0 saturated carbocycles. The number of carboxylic acid groups (broad SMARTS) is 1. The van der Waals surface area contributed by atoms with Gasteiger partial charge in [-0.2, -0.15) is 0 Å². The van der Waals surface area contributed by atoms with E-state index in [2.05, 4.69) is 19.2 Å². The van der Waals surface area contributed by atoms with Gasteiger partial charge >= 0.3 is 5.97 Å². The molecule has 0 aromatic rings. The van der Waals surface area contributed by atoms with Crippen molar-refractivity contribution < 1.29 is 9.90 Å². The molecule has 0 spiro atoms. The Morgan fingerprint density at radius 3 is 2.42 bits per heavy atom. The average molecular weight is 173 g/mol. The first kappa shape index (κ1) is 11.4. The highest BCUT2D eigenvalue weighted by atomic mass is 16.4. The number of hydrogen-bond donors (Lipinski definition) is 2. The molecular formula is C9H19NO2. The highest BCUT2D eigenvalue weighted by Gasteiger charge is 2.09. The lowest BCUT2D eigenvalue weighted by Gasteiger charge is -2.16. The summed E-state index contributed by atoms with van der Waals surface area (Å²) in [6, 6.07) is 0.348. The zero-order chi connectivity index (χ0) is 9.56. The number of aliphatic carboxylic acids is 1. The van der Waals surface area contributed by atoms with Crippen LogP contribution in [-0.4, -0.2) is 24.2 Å². The smallest absolute Gasteiger partial charge is 0.303 e. The van der Waals surface area contributed by atoms with Gasteiger partial charge in [0, 0.05) is 12.5 Å². The van der Waals surface area contributed by atoms with Crippen LogP contribution in [0.4, 0.5) is 0 Å². The van der Waals surface area contributed by atoms with Crippen LogP contribution in [0.3, 0.4) is 0 Å². The topological polar surface area (TPSA) is 49.3 Å². The summed E-state index contributed by atoms with van der Waals surface area (Å²) in [7, 11) is 1.88. The summed E-state index contributed by atoms with van der Waals surface area (Å²) in [5.74, 6) is -0.0877. The molecule has 0 bridgehead atoms. The molecule has 0 aliphatic rings. The normalized spacial score (nSPS) is 13.3. The number of carbonyl (C=O) groups is 1. The van der Waals surface area contributed by atoms with Gasteiger partial charge in [-0.3, -0.25) is 4.79 Å². The maximum absolute atomic E-state index is 10.3. The second-order valence-electron chi connectivity index (χ2n) is 3.55. The van der Waals surface area contributed by atoms with E-state index in [1.165, 1.54) is 0 Å². The minimum atomic E-state index is -0.709. The minimum Gasteiger partial charge on any atom is -0.481 e. The molecule has 0 aromatic carbocycles. The van der Waals surface area contributed by atoms with Crippen molar-refractivity contribution in [3.05, 3.63) is 0 Å². The SMILES string of the molecule is CNC(CCC(=O)O)CC(C)C. The van der Waals surface area contributed by atoms with Crippen molar-refractivity contribution in [2.75, 3.05) is 7.05 Å². The number of nitrogens with one attached hydrogen (secondary N) is 1. The molecule has 3 heteroatoms. The zero-order valence-corrected chi connectivity index (χ0v) is 8.13. The molecule has 0 saturated heterocycles. The van der Waals surface area contributed by atoms with Crippen LogP contribution >= 0.6 is 0 Å². The van der Waals surface area contributed by atoms with Gasteiger partial charge in [-0.15, -0.1) is 0 Å². The van der Waals surface area contributed by atoms with Gasteiger partial charge in [0.05, 0.1) is 0 Å². The van der Waals surface area contributed by atoms with Gasteiger partial charge in [0.1, 0.15) is 0 Å². The van der Waals surface area contributed by atoms with Crippen LogP contribution in [0.1, 0.15) is 33.1 Å². The van der Waals surface area contributed by atoms with E-state index in [1.54, 1.807) is 0 Å². The molecule has 72 valence electrons. The summed E-state index contributed by atoms with van der Waals surface area (Å²) in [6.07, 6.45) is 2.03. The van der Waals surface area contributed by atoms with E-state index in [4.69, 9.17) is 5.11 Å². The summed E-state index contributed by atoms with van der Waals surface area (Å²) >= 11 is 0. The summed E-state index contributed by atoms with van der Waals surface area (Å²) in [5, 5.41) is 11.6. The Morgan fingerprint density at radius 2 is 2.08 bits per heavy atom. The van der Waals surface area contributed by atoms with Crippen LogP contribution in [0, 0.1) is 5.92 Å². The summed E-state index contributed by atoms with van der Waals surface area (Å²) in [6.45, 7) is 4.29. The van der Waals surface area contributed by atoms with Crippen molar-refractivity contribution >= 4 is 5.97 Å². The zero-order valence-electron chi connectivity index (χ0n) is 8.13. The van der Waals surface area contributed by atoms with Crippen LogP contribution in [-0.2, 0) is 4.79 Å². The molecule has 0 amide bonds. The van der Waals surface area contributed by atoms with E-state index in [1.807, 2.05) is 7.05 Å². The lowest BCUT2D eigenvalue weighted by atomic mass is 10.00. The Bertz CT molecular complexity index is 134. The maximum Gasteiger partial charge on any atom is 0.303 e. The standard InChI is InChI=1S/C9H19NO2/c1-7(2)6-8(10-3)4-5-9(11)12/h7-8,10H,4-6H2,1-3H3,(H,11,12). The lowest BCUT2D eigenvalue weighted by Crippen LogP contribution is -2.27. The maximum atomic E-state index is 10.3. The molecule has 0 aromatic heterocycles. The minimum absolute atomic E-state index is 0.262. The average Bonchev–Trinajstić information content (AvgIpc) is 1.97. The van der Waals surface area contributed by atoms with E-state index in [-0.39, 0.29) is 6.42 Å². The second kappa shape index (κ2) is 6.00. The van der Waals surface area contributed by atoms with Crippen molar-refractivity contribution in [1.82, 2.24) is 5.32 Å². The monoisotopic (exact) mass is 173 g/mol. The van der Waals surface area contributed by atoms with E-state index in [0.29, 0.717) is 12.0 Å². The van der Waals surface area contributed by atoms with Gasteiger partial charge < -0.3 is 10.4 Å². The number of carboxylic acids is 1. The van der Waals surface area contributed by atoms with Gasteiger partial charge in [0.2, 0.25) is 0 Å². The molecule has 2 N–H and O–H groups in total. The number of hydrogen-bond acceptors (Lipinski definition) is 2. The van der Waals surface area contributed by atoms with Crippen LogP contribution in [0.5, 0.6) is 0 Å². The quantitative estimate of drug-likeness (QED) is 0.639. The first-order chi connectivity index (χ1) is 5.56. The second-order valence-corrected chi connectivity index (χ2v) is 3.55. The van der Waals surface area contributed by atoms with Crippen LogP contribution in [0.25, 0.3) is 0 Å². The Hall–Kier alpha value is -0.570. The Labute approximate surface area is 74.2 Å². The Kier molecular flexibility index (Phi) is 5.72. The molecule has 1 unspecified atom stereocenters. The molecule has 0 rings (SSSR count). The van der Waals surface area contributed by atoms with Crippen molar-refractivity contribution in [3.8, 4) is 0 Å². The fraction of sp³-hybridized carbons (Fsp3) is 0.889. The first-order valence-electron chi connectivity index (χ1n) is 4.45. The van der Waals surface area contributed by atoms with E-state index >= 15 is 0 Å². The van der Waals surface area contributed by atoms with E-state index < -0.39 is 5.97 Å². The molecule has 12 heavy (non-hydrogen) atoms. The van der Waals surface area contributed by atoms with E-state index in [0.717, 1.165) is 12.8 Å². The molecular weight excluding hydrogens is 154 g/mol. The van der Waals surface area contributed by atoms with Crippen molar-refractivity contribution in [2.24, 2.45) is 5.92 Å². The first-order valence-corrected chi connectivity index (χ1v) is 4.45. The van der Waals surface area contributed by atoms with Gasteiger partial charge in [-0.25, -0.2) is 0 Å². The van der Waals surface area contributed by atoms with Crippen LogP contribution in [0.2, 0.25) is 0 Å². The molecule has 0 heterocycles. The predicted octanol–water partition coefficient (Wildman–Crippen LogP) is 1.49. The largest absolute Gasteiger partial charge is 0.481 e. The predicted molar refractivity (Wildman–Crippen MR) is 49.2 cm³/mol. The van der Waals surface area contributed by atoms with Gasteiger partial charge in [0.25, 0.3) is 0 Å². The lowest BCUT2D eigenvalue weighted by molar-refractivity contribution is -0.137. The fourth-order valence-electron chi connectivity index (χ4n) is 1.25. The highest BCUT2D eigenvalue weighted by molar-refractivity contribution is 5.66. The van der Waals surface area contributed by atoms with Crippen LogP contribution in [0.15, 0.2) is 0 Å².